The van der Waals surface area contributed by atoms with Crippen molar-refractivity contribution in [2.45, 2.75) is 50.1 Å². The molecule has 0 fully saturated rings. The van der Waals surface area contributed by atoms with Crippen LogP contribution in [0.4, 0.5) is 8.78 Å². The molecule has 0 unspecified atom stereocenters. The van der Waals surface area contributed by atoms with Gasteiger partial charge in [0.05, 0.1) is 36.1 Å². The zero-order valence-electron chi connectivity index (χ0n) is 21.1. The average Bonchev–Trinajstić information content (AvgIpc) is 2.86. The summed E-state index contributed by atoms with van der Waals surface area (Å²) in [6, 6.07) is 11.2. The zero-order valence-corrected chi connectivity index (χ0v) is 21.9. The van der Waals surface area contributed by atoms with Crippen molar-refractivity contribution < 1.29 is 27.8 Å². The number of aliphatic hydroxyl groups is 1. The monoisotopic (exact) mass is 545 g/mol. The van der Waals surface area contributed by atoms with Crippen LogP contribution in [0.1, 0.15) is 40.8 Å². The molecule has 38 heavy (non-hydrogen) atoms. The van der Waals surface area contributed by atoms with Gasteiger partial charge in [-0.3, -0.25) is 18.9 Å². The summed E-state index contributed by atoms with van der Waals surface area (Å²) in [5, 5.41) is 17.2. The molecule has 204 valence electrons. The number of pyridine rings is 1. The van der Waals surface area contributed by atoms with Gasteiger partial charge in [-0.2, -0.15) is 10.6 Å². The van der Waals surface area contributed by atoms with E-state index in [0.29, 0.717) is 5.56 Å². The molecule has 2 heterocycles. The van der Waals surface area contributed by atoms with E-state index >= 15 is 0 Å². The quantitative estimate of drug-likeness (QED) is 0.262. The summed E-state index contributed by atoms with van der Waals surface area (Å²) in [5.74, 6) is -1.57. The number of benzene rings is 2. The Kier molecular flexibility index (Phi) is 9.11. The van der Waals surface area contributed by atoms with E-state index in [2.05, 4.69) is 15.6 Å². The summed E-state index contributed by atoms with van der Waals surface area (Å²) < 4.78 is 48.7. The third-order valence-electron chi connectivity index (χ3n) is 6.66. The van der Waals surface area contributed by atoms with Crippen molar-refractivity contribution in [3.8, 4) is 0 Å². The third kappa shape index (κ3) is 7.58. The summed E-state index contributed by atoms with van der Waals surface area (Å²) >= 11 is 0. The van der Waals surface area contributed by atoms with Crippen molar-refractivity contribution in [2.24, 2.45) is 0 Å². The fourth-order valence-electron chi connectivity index (χ4n) is 4.77. The first-order valence-corrected chi connectivity index (χ1v) is 14.4. The molecule has 3 atom stereocenters. The molecule has 1 amide bonds. The van der Waals surface area contributed by atoms with E-state index in [4.69, 9.17) is 0 Å². The van der Waals surface area contributed by atoms with Gasteiger partial charge in [0.1, 0.15) is 11.6 Å². The van der Waals surface area contributed by atoms with Crippen LogP contribution >= 0.6 is 10.6 Å². The first kappa shape index (κ1) is 28.1. The fourth-order valence-corrected chi connectivity index (χ4v) is 6.48. The van der Waals surface area contributed by atoms with Gasteiger partial charge < -0.3 is 15.7 Å². The van der Waals surface area contributed by atoms with Crippen molar-refractivity contribution in [1.29, 1.82) is 0 Å². The Bertz CT molecular complexity index is 1240. The van der Waals surface area contributed by atoms with E-state index < -0.39 is 40.4 Å². The predicted molar refractivity (Wildman–Crippen MR) is 144 cm³/mol. The minimum atomic E-state index is -2.85. The Balaban J connectivity index is 1.51. The fraction of sp³-hybridized carbons (Fsp3) is 0.357. The maximum absolute atomic E-state index is 13.8. The summed E-state index contributed by atoms with van der Waals surface area (Å²) in [6.45, 7) is 2.05. The number of aryl methyl sites for hydroxylation is 1. The molecule has 2 aromatic carbocycles. The Hall–Kier alpha value is -2.89. The standard InChI is InChI=1S/C28H33F2N3O4S/c1-2-18-5-6-21-16-38(36,37)17-26(24(21)10-18)32-15-27(34)25(11-20-8-22(29)13-23(30)9-20)33-28(35)12-19-4-3-7-31-14-19/h3-10,13-14,25-27,32,34,36-37H,2,11-12,15-17H2,1H3,(H,33,35)/t25-,26-,27+/m0/s1. The Labute approximate surface area is 222 Å². The number of fused-ring (bicyclic) bond motifs is 1. The smallest absolute Gasteiger partial charge is 0.224 e. The lowest BCUT2D eigenvalue weighted by molar-refractivity contribution is -0.122. The number of halogens is 2. The van der Waals surface area contributed by atoms with Gasteiger partial charge in [-0.05, 0) is 58.9 Å². The molecular weight excluding hydrogens is 512 g/mol. The van der Waals surface area contributed by atoms with Crippen molar-refractivity contribution in [3.63, 3.8) is 0 Å². The van der Waals surface area contributed by atoms with E-state index in [0.717, 1.165) is 29.2 Å². The van der Waals surface area contributed by atoms with Gasteiger partial charge in [-0.1, -0.05) is 31.2 Å². The number of nitrogens with zero attached hydrogens (tertiary/aromatic N) is 1. The number of hydrogen-bond donors (Lipinski definition) is 5. The van der Waals surface area contributed by atoms with Crippen molar-refractivity contribution in [3.05, 3.63) is 100 Å². The van der Waals surface area contributed by atoms with Gasteiger partial charge >= 0.3 is 0 Å². The van der Waals surface area contributed by atoms with Crippen LogP contribution in [-0.4, -0.2) is 49.5 Å². The van der Waals surface area contributed by atoms with Gasteiger partial charge in [0.25, 0.3) is 0 Å². The summed E-state index contributed by atoms with van der Waals surface area (Å²) in [7, 11) is -2.85. The maximum Gasteiger partial charge on any atom is 0.224 e. The number of aromatic nitrogens is 1. The molecule has 1 aliphatic rings. The van der Waals surface area contributed by atoms with Crippen LogP contribution in [0, 0.1) is 11.6 Å². The molecule has 7 nitrogen and oxygen atoms in total. The van der Waals surface area contributed by atoms with Crippen molar-refractivity contribution >= 4 is 16.5 Å². The van der Waals surface area contributed by atoms with Crippen LogP contribution in [0.25, 0.3) is 0 Å². The average molecular weight is 546 g/mol. The molecular formula is C28H33F2N3O4S. The van der Waals surface area contributed by atoms with Crippen LogP contribution in [0.3, 0.4) is 0 Å². The molecule has 0 aliphatic carbocycles. The lowest BCUT2D eigenvalue weighted by Crippen LogP contribution is -2.50. The van der Waals surface area contributed by atoms with Crippen molar-refractivity contribution in [1.82, 2.24) is 15.6 Å². The molecule has 10 heteroatoms. The first-order chi connectivity index (χ1) is 18.1. The van der Waals surface area contributed by atoms with Crippen LogP contribution in [0.15, 0.2) is 60.9 Å². The highest BCUT2D eigenvalue weighted by Gasteiger charge is 2.31. The molecule has 0 saturated carbocycles. The second-order valence-electron chi connectivity index (χ2n) is 9.72. The molecule has 3 aromatic rings. The summed E-state index contributed by atoms with van der Waals surface area (Å²) in [5.41, 5.74) is 3.88. The van der Waals surface area contributed by atoms with Gasteiger partial charge in [0.15, 0.2) is 0 Å². The molecule has 5 N–H and O–H groups in total. The highest BCUT2D eigenvalue weighted by atomic mass is 32.3. The normalized spacial score (nSPS) is 18.7. The van der Waals surface area contributed by atoms with Gasteiger partial charge in [-0.15, -0.1) is 0 Å². The summed E-state index contributed by atoms with van der Waals surface area (Å²) in [4.78, 5) is 16.8. The highest BCUT2D eigenvalue weighted by Crippen LogP contribution is 2.50. The highest BCUT2D eigenvalue weighted by molar-refractivity contribution is 8.23. The SMILES string of the molecule is CCc1ccc2c(c1)[C@@H](NC[C@@H](O)[C@H](Cc1cc(F)cc(F)c1)NC(=O)Cc1cccnc1)CS(O)(O)C2. The molecule has 0 radical (unpaired) electrons. The number of carbonyl (C=O) groups excluding carboxylic acids is 1. The third-order valence-corrected chi connectivity index (χ3v) is 8.30. The zero-order chi connectivity index (χ0) is 27.3. The Morgan fingerprint density at radius 1 is 1.11 bits per heavy atom. The van der Waals surface area contributed by atoms with Crippen molar-refractivity contribution in [2.75, 3.05) is 12.3 Å². The van der Waals surface area contributed by atoms with Crippen LogP contribution in [0.2, 0.25) is 0 Å². The van der Waals surface area contributed by atoms with E-state index in [1.165, 1.54) is 12.1 Å². The van der Waals surface area contributed by atoms with Gasteiger partial charge in [0, 0.05) is 25.0 Å². The number of aliphatic hydroxyl groups excluding tert-OH is 1. The summed E-state index contributed by atoms with van der Waals surface area (Å²) in [6.07, 6.45) is 2.87. The largest absolute Gasteiger partial charge is 0.390 e. The second kappa shape index (κ2) is 12.3. The molecule has 0 spiro atoms. The van der Waals surface area contributed by atoms with E-state index in [9.17, 15) is 27.8 Å². The van der Waals surface area contributed by atoms with E-state index in [-0.39, 0.29) is 42.4 Å². The molecule has 0 saturated heterocycles. The minimum Gasteiger partial charge on any atom is -0.390 e. The van der Waals surface area contributed by atoms with Gasteiger partial charge in [-0.25, -0.2) is 8.78 Å². The lowest BCUT2D eigenvalue weighted by atomic mass is 9.97. The van der Waals surface area contributed by atoms with E-state index in [1.807, 2.05) is 25.1 Å². The first-order valence-electron chi connectivity index (χ1n) is 12.5. The van der Waals surface area contributed by atoms with Gasteiger partial charge in [0.2, 0.25) is 5.91 Å². The molecule has 4 rings (SSSR count). The molecule has 0 bridgehead atoms. The number of amides is 1. The maximum atomic E-state index is 13.8. The number of nitrogens with one attached hydrogen (secondary N) is 2. The minimum absolute atomic E-state index is 0.00557. The van der Waals surface area contributed by atoms with E-state index in [1.54, 1.807) is 24.5 Å². The number of hydrogen-bond acceptors (Lipinski definition) is 6. The number of rotatable bonds is 10. The Morgan fingerprint density at radius 3 is 2.55 bits per heavy atom. The Morgan fingerprint density at radius 2 is 1.87 bits per heavy atom. The van der Waals surface area contributed by atoms with Crippen LogP contribution < -0.4 is 10.6 Å². The number of carbonyl (C=O) groups is 1. The second-order valence-corrected chi connectivity index (χ2v) is 11.9. The molecule has 1 aliphatic heterocycles. The topological polar surface area (TPSA) is 115 Å². The van der Waals surface area contributed by atoms with Crippen LogP contribution in [-0.2, 0) is 29.8 Å². The van der Waals surface area contributed by atoms with Crippen LogP contribution in [0.5, 0.6) is 0 Å². The predicted octanol–water partition coefficient (Wildman–Crippen LogP) is 4.15. The molecule has 1 aromatic heterocycles. The lowest BCUT2D eigenvalue weighted by Gasteiger charge is -2.42.